The van der Waals surface area contributed by atoms with E-state index in [1.165, 1.54) is 11.8 Å². The van der Waals surface area contributed by atoms with Crippen LogP contribution < -0.4 is 15.7 Å². The number of pyridine rings is 2. The Bertz CT molecular complexity index is 1410. The van der Waals surface area contributed by atoms with Crippen molar-refractivity contribution >= 4 is 33.5 Å². The van der Waals surface area contributed by atoms with Crippen LogP contribution in [-0.4, -0.2) is 49.7 Å². The Hall–Kier alpha value is -3.43. The van der Waals surface area contributed by atoms with Gasteiger partial charge >= 0.3 is 0 Å². The first-order chi connectivity index (χ1) is 16.4. The van der Waals surface area contributed by atoms with E-state index in [1.54, 1.807) is 21.5 Å². The van der Waals surface area contributed by atoms with Gasteiger partial charge in [-0.1, -0.05) is 11.8 Å². The molecule has 3 N–H and O–H groups in total. The van der Waals surface area contributed by atoms with Gasteiger partial charge in [0.25, 0.3) is 0 Å². The van der Waals surface area contributed by atoms with Gasteiger partial charge in [-0.15, -0.1) is 0 Å². The van der Waals surface area contributed by atoms with Gasteiger partial charge in [0.2, 0.25) is 0 Å². The van der Waals surface area contributed by atoms with E-state index in [-0.39, 0.29) is 10.7 Å². The lowest BCUT2D eigenvalue weighted by Gasteiger charge is -2.37. The molecule has 3 aromatic heterocycles. The number of aryl methyl sites for hydroxylation is 1. The number of hydrogen-bond acceptors (Lipinski definition) is 7. The summed E-state index contributed by atoms with van der Waals surface area (Å²) in [7, 11) is 1.87. The molecule has 0 saturated carbocycles. The maximum atomic E-state index is 8.68. The van der Waals surface area contributed by atoms with E-state index in [9.17, 15) is 0 Å². The molecule has 0 radical (unpaired) electrons. The molecular weight excluding hydrogens is 444 g/mol. The lowest BCUT2D eigenvalue weighted by Crippen LogP contribution is -2.54. The minimum Gasteiger partial charge on any atom is -0.367 e. The van der Waals surface area contributed by atoms with Crippen molar-refractivity contribution in [2.24, 2.45) is 7.05 Å². The minimum atomic E-state index is 0.261. The number of fused-ring (bicyclic) bond motifs is 1. The number of nitrogens with zero attached hydrogens (tertiary/aromatic N) is 5. The van der Waals surface area contributed by atoms with Crippen LogP contribution in [0.1, 0.15) is 13.8 Å². The van der Waals surface area contributed by atoms with Crippen molar-refractivity contribution in [1.29, 1.82) is 10.8 Å². The van der Waals surface area contributed by atoms with Crippen molar-refractivity contribution in [2.45, 2.75) is 30.8 Å². The summed E-state index contributed by atoms with van der Waals surface area (Å²) in [4.78, 5) is 8.00. The number of aromatic nitrogens is 4. The van der Waals surface area contributed by atoms with E-state index >= 15 is 0 Å². The van der Waals surface area contributed by atoms with Crippen LogP contribution in [0.3, 0.4) is 0 Å². The summed E-state index contributed by atoms with van der Waals surface area (Å²) in [6.07, 6.45) is 7.48. The molecule has 1 saturated heterocycles. The highest BCUT2D eigenvalue weighted by atomic mass is 32.2. The minimum absolute atomic E-state index is 0.261. The molecule has 8 nitrogen and oxygen atoms in total. The van der Waals surface area contributed by atoms with Gasteiger partial charge in [-0.25, -0.2) is 0 Å². The smallest absolute Gasteiger partial charge is 0.171 e. The number of nitrogens with one attached hydrogen (secondary N) is 3. The summed E-state index contributed by atoms with van der Waals surface area (Å²) in [5.41, 5.74) is 4.19. The molecule has 1 aliphatic rings. The van der Waals surface area contributed by atoms with Crippen LogP contribution in [0.15, 0.2) is 66.1 Å². The van der Waals surface area contributed by atoms with E-state index in [0.29, 0.717) is 12.1 Å². The SMILES string of the molecule is CC1CN(c2cnc3ccc(SC(=N)n4cc(-c5cnn(C)c5)ccc4=N)cc3c2)CC(C)N1. The fraction of sp³-hybridized carbons (Fsp3) is 0.280. The number of piperazine rings is 1. The average molecular weight is 473 g/mol. The van der Waals surface area contributed by atoms with Gasteiger partial charge in [0, 0.05) is 66.0 Å². The first-order valence-corrected chi connectivity index (χ1v) is 12.1. The third-order valence-electron chi connectivity index (χ3n) is 5.98. The molecule has 174 valence electrons. The van der Waals surface area contributed by atoms with Crippen LogP contribution in [-0.2, 0) is 7.05 Å². The van der Waals surface area contributed by atoms with E-state index in [4.69, 9.17) is 10.8 Å². The van der Waals surface area contributed by atoms with Crippen LogP contribution in [0.4, 0.5) is 5.69 Å². The Morgan fingerprint density at radius 1 is 1.03 bits per heavy atom. The van der Waals surface area contributed by atoms with Gasteiger partial charge in [0.05, 0.1) is 23.6 Å². The zero-order valence-corrected chi connectivity index (χ0v) is 20.3. The third kappa shape index (κ3) is 4.62. The molecule has 1 aromatic carbocycles. The van der Waals surface area contributed by atoms with Crippen LogP contribution in [0.2, 0.25) is 0 Å². The highest BCUT2D eigenvalue weighted by molar-refractivity contribution is 8.13. The second-order valence-electron chi connectivity index (χ2n) is 8.90. The molecule has 1 fully saturated rings. The van der Waals surface area contributed by atoms with Crippen molar-refractivity contribution < 1.29 is 0 Å². The maximum Gasteiger partial charge on any atom is 0.171 e. The van der Waals surface area contributed by atoms with E-state index in [2.05, 4.69) is 46.3 Å². The number of thioether (sulfide) groups is 1. The first kappa shape index (κ1) is 22.4. The standard InChI is InChI=1S/C25H28N8S/c1-16-12-32(13-17(2)30-16)21-8-19-9-22(5-6-23(19)28-11-21)34-25(27)33-15-18(4-7-24(33)26)20-10-29-31(3)14-20/h4-11,14-17,26-27,30H,12-13H2,1-3H3. The number of anilines is 1. The van der Waals surface area contributed by atoms with Crippen LogP contribution >= 0.6 is 11.8 Å². The number of benzene rings is 1. The van der Waals surface area contributed by atoms with Crippen molar-refractivity contribution in [3.8, 4) is 11.1 Å². The van der Waals surface area contributed by atoms with Crippen molar-refractivity contribution in [2.75, 3.05) is 18.0 Å². The molecule has 0 spiro atoms. The van der Waals surface area contributed by atoms with Crippen molar-refractivity contribution in [1.82, 2.24) is 24.6 Å². The topological polar surface area (TPSA) is 98.6 Å². The fourth-order valence-corrected chi connectivity index (χ4v) is 5.24. The zero-order chi connectivity index (χ0) is 23.8. The van der Waals surface area contributed by atoms with Gasteiger partial charge in [0.15, 0.2) is 5.17 Å². The van der Waals surface area contributed by atoms with Gasteiger partial charge in [-0.05, 0) is 50.2 Å². The number of hydrogen-bond donors (Lipinski definition) is 3. The lowest BCUT2D eigenvalue weighted by molar-refractivity contribution is 0.407. The van der Waals surface area contributed by atoms with Crippen LogP contribution in [0.25, 0.3) is 22.0 Å². The van der Waals surface area contributed by atoms with Gasteiger partial charge < -0.3 is 10.2 Å². The van der Waals surface area contributed by atoms with E-state index in [0.717, 1.165) is 45.7 Å². The normalized spacial score (nSPS) is 18.4. The molecule has 2 atom stereocenters. The van der Waals surface area contributed by atoms with E-state index < -0.39 is 0 Å². The molecule has 4 aromatic rings. The Kier molecular flexibility index (Phi) is 5.97. The molecular formula is C25H28N8S. The van der Waals surface area contributed by atoms with Gasteiger partial charge in [0.1, 0.15) is 5.49 Å². The predicted octanol–water partition coefficient (Wildman–Crippen LogP) is 3.68. The Labute approximate surface area is 202 Å². The molecule has 2 unspecified atom stereocenters. The molecule has 4 heterocycles. The monoisotopic (exact) mass is 472 g/mol. The summed E-state index contributed by atoms with van der Waals surface area (Å²) >= 11 is 1.33. The molecule has 1 aliphatic heterocycles. The summed E-state index contributed by atoms with van der Waals surface area (Å²) in [5, 5.41) is 26.1. The summed E-state index contributed by atoms with van der Waals surface area (Å²) in [6, 6.07) is 12.7. The second-order valence-corrected chi connectivity index (χ2v) is 9.97. The zero-order valence-electron chi connectivity index (χ0n) is 19.5. The highest BCUT2D eigenvalue weighted by Gasteiger charge is 2.21. The molecule has 9 heteroatoms. The molecule has 34 heavy (non-hydrogen) atoms. The van der Waals surface area contributed by atoms with Crippen molar-refractivity contribution in [3.05, 3.63) is 66.7 Å². The first-order valence-electron chi connectivity index (χ1n) is 11.3. The summed E-state index contributed by atoms with van der Waals surface area (Å²) in [5.74, 6) is 0. The van der Waals surface area contributed by atoms with Crippen molar-refractivity contribution in [3.63, 3.8) is 0 Å². The molecule has 0 bridgehead atoms. The number of rotatable bonds is 3. The molecule has 5 rings (SSSR count). The fourth-order valence-electron chi connectivity index (χ4n) is 4.44. The predicted molar refractivity (Wildman–Crippen MR) is 137 cm³/mol. The van der Waals surface area contributed by atoms with Crippen LogP contribution in [0.5, 0.6) is 0 Å². The van der Waals surface area contributed by atoms with Crippen LogP contribution in [0, 0.1) is 10.8 Å². The maximum absolute atomic E-state index is 8.68. The summed E-state index contributed by atoms with van der Waals surface area (Å²) in [6.45, 7) is 6.32. The highest BCUT2D eigenvalue weighted by Crippen LogP contribution is 2.27. The Balaban J connectivity index is 1.40. The van der Waals surface area contributed by atoms with Gasteiger partial charge in [-0.2, -0.15) is 5.10 Å². The summed E-state index contributed by atoms with van der Waals surface area (Å²) < 4.78 is 3.34. The molecule has 0 aliphatic carbocycles. The lowest BCUT2D eigenvalue weighted by atomic mass is 10.1. The second kappa shape index (κ2) is 9.08. The quantitative estimate of drug-likeness (QED) is 0.240. The van der Waals surface area contributed by atoms with Gasteiger partial charge in [-0.3, -0.25) is 25.1 Å². The molecule has 0 amide bonds. The third-order valence-corrected chi connectivity index (χ3v) is 6.86. The Morgan fingerprint density at radius 3 is 2.56 bits per heavy atom. The average Bonchev–Trinajstić information content (AvgIpc) is 3.24. The van der Waals surface area contributed by atoms with E-state index in [1.807, 2.05) is 43.8 Å². The Morgan fingerprint density at radius 2 is 1.82 bits per heavy atom. The largest absolute Gasteiger partial charge is 0.367 e.